The number of thioether (sulfide) groups is 1. The molecule has 0 aromatic heterocycles. The van der Waals surface area contributed by atoms with E-state index in [4.69, 9.17) is 0 Å². The molecule has 0 bridgehead atoms. The lowest BCUT2D eigenvalue weighted by molar-refractivity contribution is -0.119. The molecule has 0 atom stereocenters. The van der Waals surface area contributed by atoms with Gasteiger partial charge in [0.2, 0.25) is 0 Å². The molecule has 156 valence electrons. The molecule has 1 saturated heterocycles. The number of nitrogens with zero attached hydrogens (tertiary/aromatic N) is 2. The number of carbonyl (C=O) groups excluding carboxylic acids is 2. The fraction of sp³-hybridized carbons (Fsp3) is 0.360. The fourth-order valence-electron chi connectivity index (χ4n) is 4.03. The van der Waals surface area contributed by atoms with Crippen LogP contribution in [0.2, 0.25) is 0 Å². The van der Waals surface area contributed by atoms with Crippen LogP contribution < -0.4 is 9.80 Å². The van der Waals surface area contributed by atoms with E-state index in [1.54, 1.807) is 0 Å². The summed E-state index contributed by atoms with van der Waals surface area (Å²) in [5.74, 6) is 0.311. The summed E-state index contributed by atoms with van der Waals surface area (Å²) in [5.41, 5.74) is 3.08. The van der Waals surface area contributed by atoms with Crippen molar-refractivity contribution >= 4 is 40.5 Å². The highest BCUT2D eigenvalue weighted by Gasteiger charge is 2.40. The second kappa shape index (κ2) is 8.68. The Balaban J connectivity index is 1.62. The van der Waals surface area contributed by atoms with Crippen molar-refractivity contribution in [1.29, 1.82) is 0 Å². The summed E-state index contributed by atoms with van der Waals surface area (Å²) in [6, 6.07) is 17.4. The van der Waals surface area contributed by atoms with Gasteiger partial charge in [-0.15, -0.1) is 11.8 Å². The van der Waals surface area contributed by atoms with Crippen molar-refractivity contribution in [1.82, 2.24) is 0 Å². The van der Waals surface area contributed by atoms with Crippen molar-refractivity contribution in [2.75, 3.05) is 22.9 Å². The Morgan fingerprint density at radius 1 is 0.867 bits per heavy atom. The minimum absolute atomic E-state index is 0.208. The van der Waals surface area contributed by atoms with Crippen LogP contribution in [0, 0.1) is 5.92 Å². The van der Waals surface area contributed by atoms with Crippen molar-refractivity contribution in [3.8, 4) is 0 Å². The highest BCUT2D eigenvalue weighted by molar-refractivity contribution is 8.04. The van der Waals surface area contributed by atoms with E-state index >= 15 is 0 Å². The number of hydrogen-bond donors (Lipinski definition) is 0. The van der Waals surface area contributed by atoms with Gasteiger partial charge < -0.3 is 4.90 Å². The van der Waals surface area contributed by atoms with Crippen LogP contribution in [0.3, 0.4) is 0 Å². The summed E-state index contributed by atoms with van der Waals surface area (Å²) >= 11 is 1.46. The number of carbonyl (C=O) groups is 2. The second-order valence-corrected chi connectivity index (χ2v) is 9.96. The summed E-state index contributed by atoms with van der Waals surface area (Å²) in [6.45, 7) is 8.48. The molecular formula is C25H28N2O2S. The highest BCUT2D eigenvalue weighted by Crippen LogP contribution is 2.40. The molecule has 0 radical (unpaired) electrons. The SMILES string of the molecule is CC1CCN(c2ccc(N3C(=O)C(SC(C)C)=C(c4ccccc4)C3=O)cc2)CC1. The fourth-order valence-corrected chi connectivity index (χ4v) is 5.01. The van der Waals surface area contributed by atoms with E-state index in [-0.39, 0.29) is 17.1 Å². The summed E-state index contributed by atoms with van der Waals surface area (Å²) in [5, 5.41) is 0.208. The lowest BCUT2D eigenvalue weighted by Crippen LogP contribution is -2.33. The van der Waals surface area contributed by atoms with Gasteiger partial charge in [0.25, 0.3) is 11.8 Å². The Bertz CT molecular complexity index is 958. The van der Waals surface area contributed by atoms with Crippen LogP contribution in [-0.4, -0.2) is 30.2 Å². The van der Waals surface area contributed by atoms with Crippen molar-refractivity contribution in [3.05, 3.63) is 65.1 Å². The monoisotopic (exact) mass is 420 g/mol. The molecule has 2 aromatic carbocycles. The van der Waals surface area contributed by atoms with Crippen LogP contribution in [0.25, 0.3) is 5.57 Å². The summed E-state index contributed by atoms with van der Waals surface area (Å²) in [7, 11) is 0. The minimum Gasteiger partial charge on any atom is -0.372 e. The van der Waals surface area contributed by atoms with E-state index in [1.165, 1.54) is 29.5 Å². The van der Waals surface area contributed by atoms with E-state index in [0.29, 0.717) is 16.2 Å². The Hall–Kier alpha value is -2.53. The van der Waals surface area contributed by atoms with E-state index in [2.05, 4.69) is 11.8 Å². The number of anilines is 2. The van der Waals surface area contributed by atoms with E-state index in [0.717, 1.165) is 30.3 Å². The van der Waals surface area contributed by atoms with Crippen LogP contribution in [0.1, 0.15) is 39.2 Å². The number of benzene rings is 2. The van der Waals surface area contributed by atoms with Gasteiger partial charge in [-0.25, -0.2) is 4.90 Å². The first-order valence-electron chi connectivity index (χ1n) is 10.7. The molecule has 0 N–H and O–H groups in total. The maximum absolute atomic E-state index is 13.4. The zero-order chi connectivity index (χ0) is 21.3. The van der Waals surface area contributed by atoms with Gasteiger partial charge in [0.1, 0.15) is 0 Å². The van der Waals surface area contributed by atoms with Gasteiger partial charge in [-0.3, -0.25) is 9.59 Å². The molecule has 30 heavy (non-hydrogen) atoms. The topological polar surface area (TPSA) is 40.6 Å². The lowest BCUT2D eigenvalue weighted by atomic mass is 9.99. The van der Waals surface area contributed by atoms with Gasteiger partial charge in [0, 0.05) is 24.0 Å². The zero-order valence-corrected chi connectivity index (χ0v) is 18.6. The van der Waals surface area contributed by atoms with E-state index in [1.807, 2.05) is 68.4 Å². The standard InChI is InChI=1S/C25H28N2O2S/c1-17(2)30-23-22(19-7-5-4-6-8-19)24(28)27(25(23)29)21-11-9-20(10-12-21)26-15-13-18(3)14-16-26/h4-12,17-18H,13-16H2,1-3H3. The average molecular weight is 421 g/mol. The molecule has 0 aliphatic carbocycles. The maximum Gasteiger partial charge on any atom is 0.272 e. The number of amides is 2. The number of rotatable bonds is 5. The first kappa shape index (κ1) is 20.7. The third-order valence-electron chi connectivity index (χ3n) is 5.71. The van der Waals surface area contributed by atoms with Gasteiger partial charge in [-0.1, -0.05) is 51.1 Å². The molecular weight excluding hydrogens is 392 g/mol. The Morgan fingerprint density at radius 3 is 2.07 bits per heavy atom. The molecule has 2 aromatic rings. The number of piperidine rings is 1. The van der Waals surface area contributed by atoms with Crippen molar-refractivity contribution in [2.45, 2.75) is 38.9 Å². The van der Waals surface area contributed by atoms with Crippen molar-refractivity contribution in [3.63, 3.8) is 0 Å². The first-order valence-corrected chi connectivity index (χ1v) is 11.5. The number of imide groups is 1. The molecule has 0 unspecified atom stereocenters. The van der Waals surface area contributed by atoms with Crippen LogP contribution in [-0.2, 0) is 9.59 Å². The van der Waals surface area contributed by atoms with Gasteiger partial charge in [-0.05, 0) is 48.6 Å². The third kappa shape index (κ3) is 4.04. The molecule has 0 spiro atoms. The largest absolute Gasteiger partial charge is 0.372 e. The molecule has 0 saturated carbocycles. The molecule has 5 heteroatoms. The Labute approximate surface area is 182 Å². The zero-order valence-electron chi connectivity index (χ0n) is 17.8. The van der Waals surface area contributed by atoms with Gasteiger partial charge in [0.15, 0.2) is 0 Å². The molecule has 4 rings (SSSR count). The van der Waals surface area contributed by atoms with Crippen LogP contribution in [0.5, 0.6) is 0 Å². The molecule has 4 nitrogen and oxygen atoms in total. The second-order valence-electron chi connectivity index (χ2n) is 8.37. The molecule has 2 aliphatic heterocycles. The Morgan fingerprint density at radius 2 is 1.47 bits per heavy atom. The molecule has 2 amide bonds. The highest BCUT2D eigenvalue weighted by atomic mass is 32.2. The average Bonchev–Trinajstić information content (AvgIpc) is 2.98. The predicted octanol–water partition coefficient (Wildman–Crippen LogP) is 5.35. The van der Waals surface area contributed by atoms with Crippen molar-refractivity contribution < 1.29 is 9.59 Å². The first-order chi connectivity index (χ1) is 14.5. The van der Waals surface area contributed by atoms with Gasteiger partial charge in [0.05, 0.1) is 16.2 Å². The third-order valence-corrected chi connectivity index (χ3v) is 6.80. The summed E-state index contributed by atoms with van der Waals surface area (Å²) in [4.78, 5) is 30.9. The Kier molecular flexibility index (Phi) is 6.00. The molecule has 1 fully saturated rings. The van der Waals surface area contributed by atoms with Crippen LogP contribution >= 0.6 is 11.8 Å². The van der Waals surface area contributed by atoms with Gasteiger partial charge in [-0.2, -0.15) is 0 Å². The quantitative estimate of drug-likeness (QED) is 0.612. The number of hydrogen-bond acceptors (Lipinski definition) is 4. The van der Waals surface area contributed by atoms with E-state index < -0.39 is 0 Å². The lowest BCUT2D eigenvalue weighted by Gasteiger charge is -2.32. The molecule has 2 heterocycles. The summed E-state index contributed by atoms with van der Waals surface area (Å²) in [6.07, 6.45) is 2.40. The molecule has 2 aliphatic rings. The smallest absolute Gasteiger partial charge is 0.272 e. The van der Waals surface area contributed by atoms with Crippen LogP contribution in [0.4, 0.5) is 11.4 Å². The van der Waals surface area contributed by atoms with E-state index in [9.17, 15) is 9.59 Å². The predicted molar refractivity (Wildman–Crippen MR) is 126 cm³/mol. The normalized spacial score (nSPS) is 18.1. The minimum atomic E-state index is -0.242. The van der Waals surface area contributed by atoms with Crippen molar-refractivity contribution in [2.24, 2.45) is 5.92 Å². The van der Waals surface area contributed by atoms with Crippen LogP contribution in [0.15, 0.2) is 59.5 Å². The van der Waals surface area contributed by atoms with Gasteiger partial charge >= 0.3 is 0 Å². The summed E-state index contributed by atoms with van der Waals surface area (Å²) < 4.78 is 0. The maximum atomic E-state index is 13.4.